The lowest BCUT2D eigenvalue weighted by Gasteiger charge is -2.13. The fourth-order valence-corrected chi connectivity index (χ4v) is 2.64. The van der Waals surface area contributed by atoms with Crippen molar-refractivity contribution < 1.29 is 14.3 Å². The van der Waals surface area contributed by atoms with Crippen LogP contribution in [0.5, 0.6) is 11.5 Å². The lowest BCUT2D eigenvalue weighted by Crippen LogP contribution is -2.16. The Kier molecular flexibility index (Phi) is 6.41. The maximum Gasteiger partial charge on any atom is 0.226 e. The van der Waals surface area contributed by atoms with Crippen molar-refractivity contribution in [2.75, 3.05) is 17.2 Å². The van der Waals surface area contributed by atoms with Crippen LogP contribution in [0.4, 0.5) is 11.4 Å². The monoisotopic (exact) mass is 374 g/mol. The van der Waals surface area contributed by atoms with Crippen LogP contribution in [0.15, 0.2) is 78.9 Å². The Morgan fingerprint density at radius 3 is 2.25 bits per heavy atom. The highest BCUT2D eigenvalue weighted by molar-refractivity contribution is 5.95. The van der Waals surface area contributed by atoms with E-state index < -0.39 is 0 Å². The molecule has 0 atom stereocenters. The molecule has 142 valence electrons. The van der Waals surface area contributed by atoms with Crippen molar-refractivity contribution in [2.24, 2.45) is 0 Å². The first-order valence-corrected chi connectivity index (χ1v) is 9.08. The summed E-state index contributed by atoms with van der Waals surface area (Å²) in [7, 11) is 0. The van der Waals surface area contributed by atoms with Gasteiger partial charge in [-0.05, 0) is 55.5 Å². The average molecular weight is 374 g/mol. The van der Waals surface area contributed by atoms with Gasteiger partial charge in [-0.2, -0.15) is 0 Å². The maximum atomic E-state index is 12.1. The number of hydrogen-bond donors (Lipinski definition) is 2. The van der Waals surface area contributed by atoms with Crippen molar-refractivity contribution in [3.63, 3.8) is 0 Å². The van der Waals surface area contributed by atoms with Crippen LogP contribution in [0.1, 0.15) is 23.7 Å². The fourth-order valence-electron chi connectivity index (χ4n) is 2.64. The second kappa shape index (κ2) is 9.37. The summed E-state index contributed by atoms with van der Waals surface area (Å²) in [6.07, 6.45) is 0.300. The standard InChI is InChI=1S/C23H22N2O3/c1-17(26)18-11-13-19(14-12-18)25-23(27)15-16-24-21-9-5-6-10-22(21)28-20-7-3-2-4-8-20/h2-14,24H,15-16H2,1H3,(H,25,27). The number of carbonyl (C=O) groups is 2. The molecule has 0 aliphatic heterocycles. The van der Waals surface area contributed by atoms with E-state index in [0.29, 0.717) is 30.0 Å². The number of Topliss-reactive ketones (excluding diaryl/α,β-unsaturated/α-hetero) is 1. The SMILES string of the molecule is CC(=O)c1ccc(NC(=O)CCNc2ccccc2Oc2ccccc2)cc1. The molecule has 0 saturated carbocycles. The molecule has 0 unspecified atom stereocenters. The third-order valence-corrected chi connectivity index (χ3v) is 4.10. The minimum atomic E-state index is -0.107. The van der Waals surface area contributed by atoms with Gasteiger partial charge in [0.2, 0.25) is 5.91 Å². The molecule has 3 aromatic carbocycles. The first-order chi connectivity index (χ1) is 13.6. The number of para-hydroxylation sites is 3. The lowest BCUT2D eigenvalue weighted by molar-refractivity contribution is -0.115. The van der Waals surface area contributed by atoms with Gasteiger partial charge in [-0.25, -0.2) is 0 Å². The van der Waals surface area contributed by atoms with Crippen molar-refractivity contribution in [3.05, 3.63) is 84.4 Å². The summed E-state index contributed by atoms with van der Waals surface area (Å²) < 4.78 is 5.90. The van der Waals surface area contributed by atoms with E-state index in [9.17, 15) is 9.59 Å². The largest absolute Gasteiger partial charge is 0.455 e. The van der Waals surface area contributed by atoms with Gasteiger partial charge in [0.25, 0.3) is 0 Å². The number of amides is 1. The Hall–Kier alpha value is -3.60. The number of nitrogens with one attached hydrogen (secondary N) is 2. The van der Waals surface area contributed by atoms with Crippen molar-refractivity contribution in [1.82, 2.24) is 0 Å². The molecule has 0 fully saturated rings. The smallest absolute Gasteiger partial charge is 0.226 e. The van der Waals surface area contributed by atoms with E-state index in [2.05, 4.69) is 10.6 Å². The quantitative estimate of drug-likeness (QED) is 0.537. The zero-order valence-electron chi connectivity index (χ0n) is 15.6. The van der Waals surface area contributed by atoms with E-state index in [1.54, 1.807) is 24.3 Å². The highest BCUT2D eigenvalue weighted by atomic mass is 16.5. The lowest BCUT2D eigenvalue weighted by atomic mass is 10.1. The van der Waals surface area contributed by atoms with Crippen LogP contribution in [-0.2, 0) is 4.79 Å². The molecule has 0 radical (unpaired) electrons. The summed E-state index contributed by atoms with van der Waals surface area (Å²) in [6.45, 7) is 1.98. The van der Waals surface area contributed by atoms with Crippen LogP contribution in [0.3, 0.4) is 0 Å². The number of hydrogen-bond acceptors (Lipinski definition) is 4. The minimum absolute atomic E-state index is 0.00142. The zero-order valence-corrected chi connectivity index (χ0v) is 15.6. The molecular formula is C23H22N2O3. The Bertz CT molecular complexity index is 938. The topological polar surface area (TPSA) is 67.4 Å². The molecular weight excluding hydrogens is 352 g/mol. The van der Waals surface area contributed by atoms with E-state index in [0.717, 1.165) is 11.4 Å². The molecule has 3 rings (SSSR count). The van der Waals surface area contributed by atoms with Gasteiger partial charge in [0.15, 0.2) is 11.5 Å². The second-order valence-electron chi connectivity index (χ2n) is 6.27. The van der Waals surface area contributed by atoms with Crippen molar-refractivity contribution in [2.45, 2.75) is 13.3 Å². The number of benzene rings is 3. The first-order valence-electron chi connectivity index (χ1n) is 9.08. The van der Waals surface area contributed by atoms with Crippen LogP contribution in [0.25, 0.3) is 0 Å². The molecule has 1 amide bonds. The van der Waals surface area contributed by atoms with Crippen LogP contribution in [-0.4, -0.2) is 18.2 Å². The zero-order chi connectivity index (χ0) is 19.8. The number of rotatable bonds is 8. The van der Waals surface area contributed by atoms with Gasteiger partial charge in [0.1, 0.15) is 5.75 Å². The Balaban J connectivity index is 1.52. The highest BCUT2D eigenvalue weighted by Crippen LogP contribution is 2.28. The van der Waals surface area contributed by atoms with Crippen molar-refractivity contribution in [1.29, 1.82) is 0 Å². The summed E-state index contributed by atoms with van der Waals surface area (Å²) in [5, 5.41) is 6.07. The predicted octanol–water partition coefficient (Wildman–Crippen LogP) is 5.12. The number of carbonyl (C=O) groups excluding carboxylic acids is 2. The summed E-state index contributed by atoms with van der Waals surface area (Å²) in [5.41, 5.74) is 2.11. The Morgan fingerprint density at radius 2 is 1.54 bits per heavy atom. The predicted molar refractivity (Wildman–Crippen MR) is 111 cm³/mol. The van der Waals surface area contributed by atoms with Crippen LogP contribution >= 0.6 is 0 Å². The molecule has 5 heteroatoms. The van der Waals surface area contributed by atoms with Gasteiger partial charge in [0.05, 0.1) is 5.69 Å². The van der Waals surface area contributed by atoms with Gasteiger partial charge in [-0.15, -0.1) is 0 Å². The van der Waals surface area contributed by atoms with E-state index in [4.69, 9.17) is 4.74 Å². The molecule has 3 aromatic rings. The van der Waals surface area contributed by atoms with E-state index in [1.165, 1.54) is 6.92 Å². The normalized spacial score (nSPS) is 10.2. The molecule has 0 aliphatic carbocycles. The number of ether oxygens (including phenoxy) is 1. The van der Waals surface area contributed by atoms with Gasteiger partial charge >= 0.3 is 0 Å². The fraction of sp³-hybridized carbons (Fsp3) is 0.130. The van der Waals surface area contributed by atoms with Crippen LogP contribution in [0, 0.1) is 0 Å². The number of ketones is 1. The van der Waals surface area contributed by atoms with Crippen molar-refractivity contribution >= 4 is 23.1 Å². The minimum Gasteiger partial charge on any atom is -0.455 e. The first kappa shape index (κ1) is 19.2. The van der Waals surface area contributed by atoms with Crippen LogP contribution < -0.4 is 15.4 Å². The summed E-state index contributed by atoms with van der Waals surface area (Å²) >= 11 is 0. The molecule has 0 bridgehead atoms. The van der Waals surface area contributed by atoms with Crippen molar-refractivity contribution in [3.8, 4) is 11.5 Å². The molecule has 0 aromatic heterocycles. The molecule has 0 aliphatic rings. The summed E-state index contributed by atoms with van der Waals surface area (Å²) in [6, 6.07) is 24.0. The summed E-state index contributed by atoms with van der Waals surface area (Å²) in [5.74, 6) is 1.35. The third-order valence-electron chi connectivity index (χ3n) is 4.10. The van der Waals surface area contributed by atoms with E-state index in [1.807, 2.05) is 54.6 Å². The molecule has 5 nitrogen and oxygen atoms in total. The molecule has 28 heavy (non-hydrogen) atoms. The van der Waals surface area contributed by atoms with E-state index in [-0.39, 0.29) is 11.7 Å². The van der Waals surface area contributed by atoms with E-state index >= 15 is 0 Å². The Labute approximate surface area is 164 Å². The molecule has 0 spiro atoms. The number of anilines is 2. The molecule has 0 saturated heterocycles. The molecule has 0 heterocycles. The van der Waals surface area contributed by atoms with Crippen LogP contribution in [0.2, 0.25) is 0 Å². The second-order valence-corrected chi connectivity index (χ2v) is 6.27. The average Bonchev–Trinajstić information content (AvgIpc) is 2.70. The van der Waals surface area contributed by atoms with Gasteiger partial charge in [0, 0.05) is 24.2 Å². The molecule has 2 N–H and O–H groups in total. The summed E-state index contributed by atoms with van der Waals surface area (Å²) in [4.78, 5) is 23.4. The van der Waals surface area contributed by atoms with Gasteiger partial charge < -0.3 is 15.4 Å². The maximum absolute atomic E-state index is 12.1. The Morgan fingerprint density at radius 1 is 0.857 bits per heavy atom. The third kappa shape index (κ3) is 5.45. The van der Waals surface area contributed by atoms with Gasteiger partial charge in [-0.1, -0.05) is 30.3 Å². The van der Waals surface area contributed by atoms with Gasteiger partial charge in [-0.3, -0.25) is 9.59 Å². The highest BCUT2D eigenvalue weighted by Gasteiger charge is 2.07.